The maximum absolute atomic E-state index is 11.9. The van der Waals surface area contributed by atoms with E-state index in [1.807, 2.05) is 6.07 Å². The molecule has 1 aliphatic heterocycles. The lowest BCUT2D eigenvalue weighted by molar-refractivity contribution is 0.0952. The van der Waals surface area contributed by atoms with Gasteiger partial charge in [-0.1, -0.05) is 0 Å². The first-order valence-electron chi connectivity index (χ1n) is 5.63. The summed E-state index contributed by atoms with van der Waals surface area (Å²) < 4.78 is 1.84. The van der Waals surface area contributed by atoms with Gasteiger partial charge in [0, 0.05) is 12.6 Å². The largest absolute Gasteiger partial charge is 0.352 e. The van der Waals surface area contributed by atoms with E-state index < -0.39 is 0 Å². The minimum atomic E-state index is -0.00294. The molecule has 17 heavy (non-hydrogen) atoms. The molecule has 2 rings (SSSR count). The van der Waals surface area contributed by atoms with E-state index in [1.54, 1.807) is 0 Å². The summed E-state index contributed by atoms with van der Waals surface area (Å²) in [4.78, 5) is 11.9. The molecule has 2 heterocycles. The van der Waals surface area contributed by atoms with Crippen LogP contribution < -0.4 is 10.6 Å². The Balaban J connectivity index is 1.78. The second kappa shape index (κ2) is 6.31. The summed E-state index contributed by atoms with van der Waals surface area (Å²) in [5, 5.41) is 6.38. The minimum absolute atomic E-state index is 0.00294. The van der Waals surface area contributed by atoms with E-state index in [9.17, 15) is 4.79 Å². The summed E-state index contributed by atoms with van der Waals surface area (Å²) in [7, 11) is 0. The maximum atomic E-state index is 11.9. The van der Waals surface area contributed by atoms with Crippen molar-refractivity contribution in [1.29, 1.82) is 0 Å². The first-order chi connectivity index (χ1) is 8.16. The summed E-state index contributed by atoms with van der Waals surface area (Å²) in [5.41, 5.74) is 0.709. The van der Waals surface area contributed by atoms with Crippen LogP contribution >= 0.6 is 43.2 Å². The zero-order chi connectivity index (χ0) is 12.3. The first-order valence-corrected chi connectivity index (χ1v) is 8.03. The van der Waals surface area contributed by atoms with Crippen LogP contribution in [0.5, 0.6) is 0 Å². The van der Waals surface area contributed by atoms with Gasteiger partial charge in [0.15, 0.2) is 0 Å². The Morgan fingerprint density at radius 2 is 2.41 bits per heavy atom. The van der Waals surface area contributed by atoms with Gasteiger partial charge in [-0.05, 0) is 63.7 Å². The number of thiophene rings is 1. The van der Waals surface area contributed by atoms with Gasteiger partial charge in [-0.15, -0.1) is 11.3 Å². The van der Waals surface area contributed by atoms with Crippen molar-refractivity contribution in [1.82, 2.24) is 10.6 Å². The fraction of sp³-hybridized carbons (Fsp3) is 0.545. The Morgan fingerprint density at radius 1 is 1.59 bits per heavy atom. The van der Waals surface area contributed by atoms with Crippen LogP contribution in [0, 0.1) is 0 Å². The second-order valence-corrected chi connectivity index (χ2v) is 7.83. The molecule has 0 spiro atoms. The number of amides is 1. The van der Waals surface area contributed by atoms with Gasteiger partial charge in [0.05, 0.1) is 13.1 Å². The van der Waals surface area contributed by atoms with Crippen molar-refractivity contribution < 1.29 is 4.79 Å². The molecule has 3 nitrogen and oxygen atoms in total. The number of carbonyl (C=O) groups excluding carboxylic acids is 1. The molecule has 0 bridgehead atoms. The van der Waals surface area contributed by atoms with Crippen molar-refractivity contribution in [2.75, 3.05) is 13.1 Å². The fourth-order valence-corrected chi connectivity index (χ4v) is 4.75. The third-order valence-corrected chi connectivity index (χ3v) is 5.18. The average Bonchev–Trinajstić information content (AvgIpc) is 2.88. The number of halogens is 2. The second-order valence-electron chi connectivity index (χ2n) is 4.08. The molecule has 2 N–H and O–H groups in total. The Morgan fingerprint density at radius 3 is 3.00 bits per heavy atom. The van der Waals surface area contributed by atoms with E-state index in [4.69, 9.17) is 0 Å². The summed E-state index contributed by atoms with van der Waals surface area (Å²) in [6.45, 7) is 1.85. The van der Waals surface area contributed by atoms with Crippen LogP contribution in [0.2, 0.25) is 0 Å². The molecular formula is C11H14Br2N2OS. The molecule has 1 aliphatic rings. The van der Waals surface area contributed by atoms with Gasteiger partial charge in [-0.3, -0.25) is 4.79 Å². The molecule has 1 aromatic rings. The van der Waals surface area contributed by atoms with E-state index in [1.165, 1.54) is 24.2 Å². The highest BCUT2D eigenvalue weighted by Gasteiger charge is 2.16. The SMILES string of the molecule is O=C(NCCC1CCCN1)c1cc(Br)sc1Br. The first kappa shape index (κ1) is 13.5. The molecule has 1 unspecified atom stereocenters. The smallest absolute Gasteiger partial charge is 0.253 e. The van der Waals surface area contributed by atoms with Gasteiger partial charge in [-0.25, -0.2) is 0 Å². The van der Waals surface area contributed by atoms with Gasteiger partial charge in [0.25, 0.3) is 5.91 Å². The van der Waals surface area contributed by atoms with E-state index >= 15 is 0 Å². The number of carbonyl (C=O) groups is 1. The van der Waals surface area contributed by atoms with Gasteiger partial charge < -0.3 is 10.6 Å². The van der Waals surface area contributed by atoms with E-state index in [2.05, 4.69) is 42.5 Å². The van der Waals surface area contributed by atoms with Crippen molar-refractivity contribution in [3.63, 3.8) is 0 Å². The van der Waals surface area contributed by atoms with E-state index in [0.717, 1.165) is 27.1 Å². The summed E-state index contributed by atoms with van der Waals surface area (Å²) >= 11 is 8.28. The molecule has 1 fully saturated rings. The topological polar surface area (TPSA) is 41.1 Å². The van der Waals surface area contributed by atoms with Gasteiger partial charge >= 0.3 is 0 Å². The minimum Gasteiger partial charge on any atom is -0.352 e. The normalized spacial score (nSPS) is 19.5. The van der Waals surface area contributed by atoms with Gasteiger partial charge in [-0.2, -0.15) is 0 Å². The Kier molecular flexibility index (Phi) is 5.02. The predicted molar refractivity (Wildman–Crippen MR) is 77.7 cm³/mol. The zero-order valence-electron chi connectivity index (χ0n) is 9.26. The van der Waals surface area contributed by atoms with Crippen LogP contribution in [0.25, 0.3) is 0 Å². The quantitative estimate of drug-likeness (QED) is 0.841. The third-order valence-electron chi connectivity index (χ3n) is 2.84. The number of hydrogen-bond acceptors (Lipinski definition) is 3. The predicted octanol–water partition coefficient (Wildman–Crippen LogP) is 3.15. The molecule has 1 amide bonds. The average molecular weight is 382 g/mol. The standard InChI is InChI=1S/C11H14Br2N2OS/c12-9-6-8(10(13)17-9)11(16)15-5-3-7-2-1-4-14-7/h6-7,14H,1-5H2,(H,15,16). The number of nitrogens with one attached hydrogen (secondary N) is 2. The van der Waals surface area contributed by atoms with Crippen LogP contribution in [0.15, 0.2) is 13.6 Å². The molecule has 1 aromatic heterocycles. The monoisotopic (exact) mass is 380 g/mol. The molecule has 0 radical (unpaired) electrons. The van der Waals surface area contributed by atoms with E-state index in [0.29, 0.717) is 11.6 Å². The molecular weight excluding hydrogens is 368 g/mol. The van der Waals surface area contributed by atoms with Crippen molar-refractivity contribution in [3.8, 4) is 0 Å². The van der Waals surface area contributed by atoms with Crippen molar-refractivity contribution in [3.05, 3.63) is 19.2 Å². The Labute approximate surface area is 122 Å². The molecule has 1 saturated heterocycles. The van der Waals surface area contributed by atoms with E-state index in [-0.39, 0.29) is 5.91 Å². The molecule has 6 heteroatoms. The third kappa shape index (κ3) is 3.77. The summed E-state index contributed by atoms with van der Waals surface area (Å²) in [6, 6.07) is 2.42. The summed E-state index contributed by atoms with van der Waals surface area (Å²) in [6.07, 6.45) is 3.49. The van der Waals surface area contributed by atoms with Crippen LogP contribution in [0.4, 0.5) is 0 Å². The Bertz CT molecular complexity index is 402. The molecule has 94 valence electrons. The highest BCUT2D eigenvalue weighted by molar-refractivity contribution is 9.12. The van der Waals surface area contributed by atoms with Crippen LogP contribution in [0.1, 0.15) is 29.6 Å². The van der Waals surface area contributed by atoms with Crippen LogP contribution in [0.3, 0.4) is 0 Å². The molecule has 1 atom stereocenters. The van der Waals surface area contributed by atoms with Crippen LogP contribution in [-0.4, -0.2) is 25.0 Å². The van der Waals surface area contributed by atoms with Crippen molar-refractivity contribution in [2.45, 2.75) is 25.3 Å². The highest BCUT2D eigenvalue weighted by atomic mass is 79.9. The van der Waals surface area contributed by atoms with Crippen molar-refractivity contribution in [2.24, 2.45) is 0 Å². The lowest BCUT2D eigenvalue weighted by Crippen LogP contribution is -2.30. The zero-order valence-corrected chi connectivity index (χ0v) is 13.3. The molecule has 0 aliphatic carbocycles. The van der Waals surface area contributed by atoms with Gasteiger partial charge in [0.1, 0.15) is 0 Å². The highest BCUT2D eigenvalue weighted by Crippen LogP contribution is 2.31. The maximum Gasteiger partial charge on any atom is 0.253 e. The van der Waals surface area contributed by atoms with Crippen LogP contribution in [-0.2, 0) is 0 Å². The lowest BCUT2D eigenvalue weighted by atomic mass is 10.1. The Hall–Kier alpha value is 0.0900. The lowest BCUT2D eigenvalue weighted by Gasteiger charge is -2.10. The number of hydrogen-bond donors (Lipinski definition) is 2. The van der Waals surface area contributed by atoms with Gasteiger partial charge in [0.2, 0.25) is 0 Å². The number of rotatable bonds is 4. The summed E-state index contributed by atoms with van der Waals surface area (Å²) in [5.74, 6) is -0.00294. The molecule has 0 aromatic carbocycles. The van der Waals surface area contributed by atoms with Crippen molar-refractivity contribution >= 4 is 49.1 Å². The molecule has 0 saturated carbocycles. The fourth-order valence-electron chi connectivity index (χ4n) is 1.95.